The van der Waals surface area contributed by atoms with Crippen molar-refractivity contribution < 1.29 is 13.2 Å². The van der Waals surface area contributed by atoms with E-state index in [-0.39, 0.29) is 16.5 Å². The SMILES string of the molecule is CC(NC(=O)c1cc(=O)[nH]c2ccc(S(=O)(=O)N3CCCCC3)cc12)c1ccccc1. The molecule has 0 spiro atoms. The van der Waals surface area contributed by atoms with Crippen LogP contribution in [0.2, 0.25) is 0 Å². The van der Waals surface area contributed by atoms with Gasteiger partial charge in [0.25, 0.3) is 5.91 Å². The average molecular weight is 440 g/mol. The molecule has 2 aromatic carbocycles. The molecule has 1 amide bonds. The number of amides is 1. The van der Waals surface area contributed by atoms with Crippen LogP contribution in [-0.2, 0) is 10.0 Å². The lowest BCUT2D eigenvalue weighted by Gasteiger charge is -2.26. The molecule has 1 aliphatic heterocycles. The number of piperidine rings is 1. The third-order valence-corrected chi connectivity index (χ3v) is 7.55. The van der Waals surface area contributed by atoms with Crippen LogP contribution >= 0.6 is 0 Å². The minimum absolute atomic E-state index is 0.124. The summed E-state index contributed by atoms with van der Waals surface area (Å²) in [7, 11) is -3.66. The van der Waals surface area contributed by atoms with Crippen molar-refractivity contribution in [1.29, 1.82) is 0 Å². The largest absolute Gasteiger partial charge is 0.345 e. The van der Waals surface area contributed by atoms with E-state index in [0.717, 1.165) is 24.8 Å². The minimum Gasteiger partial charge on any atom is -0.345 e. The number of aromatic amines is 1. The van der Waals surface area contributed by atoms with Gasteiger partial charge < -0.3 is 10.3 Å². The molecule has 4 rings (SSSR count). The smallest absolute Gasteiger partial charge is 0.252 e. The number of carbonyl (C=O) groups is 1. The van der Waals surface area contributed by atoms with Gasteiger partial charge in [0, 0.05) is 30.1 Å². The molecule has 8 heteroatoms. The molecule has 1 aromatic heterocycles. The molecule has 2 N–H and O–H groups in total. The first-order valence-corrected chi connectivity index (χ1v) is 11.8. The number of H-pyrrole nitrogens is 1. The van der Waals surface area contributed by atoms with Crippen molar-refractivity contribution in [3.05, 3.63) is 76.1 Å². The van der Waals surface area contributed by atoms with Gasteiger partial charge in [0.15, 0.2) is 0 Å². The van der Waals surface area contributed by atoms with E-state index in [9.17, 15) is 18.0 Å². The number of benzene rings is 2. The highest BCUT2D eigenvalue weighted by atomic mass is 32.2. The minimum atomic E-state index is -3.66. The number of fused-ring (bicyclic) bond motifs is 1. The number of carbonyl (C=O) groups excluding carboxylic acids is 1. The van der Waals surface area contributed by atoms with Crippen LogP contribution in [-0.4, -0.2) is 36.7 Å². The molecule has 1 saturated heterocycles. The zero-order valence-electron chi connectivity index (χ0n) is 17.3. The van der Waals surface area contributed by atoms with Crippen molar-refractivity contribution in [1.82, 2.24) is 14.6 Å². The molecule has 1 fully saturated rings. The highest BCUT2D eigenvalue weighted by Crippen LogP contribution is 2.25. The van der Waals surface area contributed by atoms with Gasteiger partial charge in [-0.05, 0) is 43.5 Å². The van der Waals surface area contributed by atoms with E-state index in [1.807, 2.05) is 37.3 Å². The molecule has 7 nitrogen and oxygen atoms in total. The molecule has 0 radical (unpaired) electrons. The lowest BCUT2D eigenvalue weighted by atomic mass is 10.1. The molecule has 1 atom stereocenters. The average Bonchev–Trinajstić information content (AvgIpc) is 2.79. The predicted octanol–water partition coefficient (Wildman–Crippen LogP) is 3.19. The summed E-state index contributed by atoms with van der Waals surface area (Å²) in [6, 6.07) is 14.9. The second kappa shape index (κ2) is 8.64. The number of pyridine rings is 1. The third kappa shape index (κ3) is 4.40. The highest BCUT2D eigenvalue weighted by Gasteiger charge is 2.27. The van der Waals surface area contributed by atoms with E-state index in [0.29, 0.717) is 24.0 Å². The van der Waals surface area contributed by atoms with Crippen LogP contribution in [0.15, 0.2) is 64.3 Å². The lowest BCUT2D eigenvalue weighted by Crippen LogP contribution is -2.35. The number of hydrogen-bond donors (Lipinski definition) is 2. The van der Waals surface area contributed by atoms with E-state index in [2.05, 4.69) is 10.3 Å². The van der Waals surface area contributed by atoms with Crippen LogP contribution in [0.5, 0.6) is 0 Å². The van der Waals surface area contributed by atoms with Gasteiger partial charge in [0.1, 0.15) is 0 Å². The predicted molar refractivity (Wildman–Crippen MR) is 120 cm³/mol. The van der Waals surface area contributed by atoms with Gasteiger partial charge in [-0.25, -0.2) is 8.42 Å². The fourth-order valence-corrected chi connectivity index (χ4v) is 5.48. The number of sulfonamides is 1. The molecular formula is C23H25N3O4S. The number of rotatable bonds is 5. The summed E-state index contributed by atoms with van der Waals surface area (Å²) in [4.78, 5) is 28.0. The van der Waals surface area contributed by atoms with Crippen LogP contribution in [0.1, 0.15) is 48.1 Å². The molecule has 1 aliphatic rings. The van der Waals surface area contributed by atoms with E-state index >= 15 is 0 Å². The number of aromatic nitrogens is 1. The third-order valence-electron chi connectivity index (χ3n) is 5.66. The summed E-state index contributed by atoms with van der Waals surface area (Å²) in [6.45, 7) is 2.84. The maximum Gasteiger partial charge on any atom is 0.252 e. The van der Waals surface area contributed by atoms with Crippen molar-refractivity contribution in [2.75, 3.05) is 13.1 Å². The van der Waals surface area contributed by atoms with Crippen molar-refractivity contribution in [3.8, 4) is 0 Å². The van der Waals surface area contributed by atoms with Crippen molar-refractivity contribution in [2.24, 2.45) is 0 Å². The zero-order chi connectivity index (χ0) is 22.0. The Morgan fingerprint density at radius 1 is 1.03 bits per heavy atom. The fraction of sp³-hybridized carbons (Fsp3) is 0.304. The summed E-state index contributed by atoms with van der Waals surface area (Å²) < 4.78 is 27.7. The van der Waals surface area contributed by atoms with Crippen LogP contribution in [0, 0.1) is 0 Å². The van der Waals surface area contributed by atoms with Gasteiger partial charge in [-0.15, -0.1) is 0 Å². The number of nitrogens with one attached hydrogen (secondary N) is 2. The second-order valence-corrected chi connectivity index (χ2v) is 9.76. The molecule has 0 saturated carbocycles. The van der Waals surface area contributed by atoms with Crippen LogP contribution in [0.25, 0.3) is 10.9 Å². The standard InChI is InChI=1S/C23H25N3O4S/c1-16(17-8-4-2-5-9-17)24-23(28)20-15-22(27)25-21-11-10-18(14-19(20)21)31(29,30)26-12-6-3-7-13-26/h2,4-5,8-11,14-16H,3,6-7,12-13H2,1H3,(H,24,28)(H,25,27). The molecule has 1 unspecified atom stereocenters. The Kier molecular flexibility index (Phi) is 5.93. The molecular weight excluding hydrogens is 414 g/mol. The maximum atomic E-state index is 13.1. The van der Waals surface area contributed by atoms with E-state index < -0.39 is 21.5 Å². The molecule has 0 bridgehead atoms. The van der Waals surface area contributed by atoms with Crippen LogP contribution in [0.3, 0.4) is 0 Å². The summed E-state index contributed by atoms with van der Waals surface area (Å²) in [6.07, 6.45) is 2.70. The molecule has 2 heterocycles. The van der Waals surface area contributed by atoms with Gasteiger partial charge >= 0.3 is 0 Å². The summed E-state index contributed by atoms with van der Waals surface area (Å²) in [5.41, 5.74) is 1.08. The fourth-order valence-electron chi connectivity index (χ4n) is 3.93. The quantitative estimate of drug-likeness (QED) is 0.638. The van der Waals surface area contributed by atoms with E-state index in [1.165, 1.54) is 22.5 Å². The number of hydrogen-bond acceptors (Lipinski definition) is 4. The van der Waals surface area contributed by atoms with Crippen LogP contribution in [0.4, 0.5) is 0 Å². The maximum absolute atomic E-state index is 13.1. The molecule has 3 aromatic rings. The Morgan fingerprint density at radius 2 is 1.74 bits per heavy atom. The topological polar surface area (TPSA) is 99.3 Å². The molecule has 162 valence electrons. The van der Waals surface area contributed by atoms with Gasteiger partial charge in [0.05, 0.1) is 16.5 Å². The first kappa shape index (κ1) is 21.3. The van der Waals surface area contributed by atoms with Crippen molar-refractivity contribution in [3.63, 3.8) is 0 Å². The van der Waals surface area contributed by atoms with E-state index in [4.69, 9.17) is 0 Å². The Hall–Kier alpha value is -2.97. The Labute approximate surface area is 181 Å². The van der Waals surface area contributed by atoms with Gasteiger partial charge in [0.2, 0.25) is 15.6 Å². The lowest BCUT2D eigenvalue weighted by molar-refractivity contribution is 0.0941. The zero-order valence-corrected chi connectivity index (χ0v) is 18.1. The second-order valence-electron chi connectivity index (χ2n) is 7.83. The normalized spacial score (nSPS) is 16.2. The van der Waals surface area contributed by atoms with Crippen molar-refractivity contribution >= 4 is 26.8 Å². The first-order chi connectivity index (χ1) is 14.9. The summed E-state index contributed by atoms with van der Waals surface area (Å²) in [5.74, 6) is -0.431. The summed E-state index contributed by atoms with van der Waals surface area (Å²) in [5, 5.41) is 3.30. The summed E-state index contributed by atoms with van der Waals surface area (Å²) >= 11 is 0. The first-order valence-electron chi connectivity index (χ1n) is 10.4. The monoisotopic (exact) mass is 439 g/mol. The Balaban J connectivity index is 1.72. The van der Waals surface area contributed by atoms with Crippen molar-refractivity contribution in [2.45, 2.75) is 37.1 Å². The molecule has 31 heavy (non-hydrogen) atoms. The van der Waals surface area contributed by atoms with Crippen LogP contribution < -0.4 is 10.9 Å². The van der Waals surface area contributed by atoms with Gasteiger partial charge in [-0.2, -0.15) is 4.31 Å². The van der Waals surface area contributed by atoms with Gasteiger partial charge in [-0.1, -0.05) is 36.8 Å². The highest BCUT2D eigenvalue weighted by molar-refractivity contribution is 7.89. The molecule has 0 aliphatic carbocycles. The van der Waals surface area contributed by atoms with E-state index in [1.54, 1.807) is 6.07 Å². The number of nitrogens with zero attached hydrogens (tertiary/aromatic N) is 1. The van der Waals surface area contributed by atoms with Gasteiger partial charge in [-0.3, -0.25) is 9.59 Å². The Bertz CT molecular complexity index is 1260. The Morgan fingerprint density at radius 3 is 2.45 bits per heavy atom.